The maximum absolute atomic E-state index is 6.13. The van der Waals surface area contributed by atoms with Gasteiger partial charge in [-0.05, 0) is 43.2 Å². The highest BCUT2D eigenvalue weighted by atomic mass is 35.5. The second kappa shape index (κ2) is 8.11. The summed E-state index contributed by atoms with van der Waals surface area (Å²) in [4.78, 5) is 0. The normalized spacial score (nSPS) is 12.1. The molecular weight excluding hydrogens is 357 g/mol. The van der Waals surface area contributed by atoms with Crippen molar-refractivity contribution in [1.29, 1.82) is 0 Å². The third-order valence-corrected chi connectivity index (χ3v) is 4.02. The Hall–Kier alpha value is -1.13. The Balaban J connectivity index is 2.22. The van der Waals surface area contributed by atoms with Gasteiger partial charge in [-0.1, -0.05) is 40.9 Å². The summed E-state index contributed by atoms with van der Waals surface area (Å²) in [6.45, 7) is 2.24. The number of ether oxygens (including phenoxy) is 2. The molecule has 2 N–H and O–H groups in total. The fraction of sp³-hybridized carbons (Fsp3) is 0.294. The van der Waals surface area contributed by atoms with E-state index in [9.17, 15) is 0 Å². The van der Waals surface area contributed by atoms with Gasteiger partial charge in [-0.2, -0.15) is 0 Å². The van der Waals surface area contributed by atoms with Gasteiger partial charge < -0.3 is 15.2 Å². The monoisotopic (exact) mass is 373 g/mol. The largest absolute Gasteiger partial charge is 0.496 e. The molecule has 3 nitrogen and oxygen atoms in total. The Morgan fingerprint density at radius 3 is 2.30 bits per heavy atom. The smallest absolute Gasteiger partial charge is 0.157 e. The molecule has 0 bridgehead atoms. The van der Waals surface area contributed by atoms with Crippen LogP contribution in [0.5, 0.6) is 11.5 Å². The first-order chi connectivity index (χ1) is 10.9. The van der Waals surface area contributed by atoms with Crippen molar-refractivity contribution in [1.82, 2.24) is 0 Å². The highest BCUT2D eigenvalue weighted by Crippen LogP contribution is 2.36. The van der Waals surface area contributed by atoms with E-state index in [1.165, 1.54) is 0 Å². The molecule has 0 amide bonds. The van der Waals surface area contributed by atoms with Gasteiger partial charge in [0.25, 0.3) is 0 Å². The molecule has 0 aliphatic heterocycles. The lowest BCUT2D eigenvalue weighted by molar-refractivity contribution is 0.297. The van der Waals surface area contributed by atoms with E-state index in [0.717, 1.165) is 23.3 Å². The van der Waals surface area contributed by atoms with E-state index >= 15 is 0 Å². The van der Waals surface area contributed by atoms with Crippen molar-refractivity contribution >= 4 is 34.8 Å². The van der Waals surface area contributed by atoms with Gasteiger partial charge in [-0.25, -0.2) is 0 Å². The summed E-state index contributed by atoms with van der Waals surface area (Å²) in [5, 5.41) is 1.20. The van der Waals surface area contributed by atoms with Gasteiger partial charge in [0, 0.05) is 16.6 Å². The average molecular weight is 375 g/mol. The third-order valence-electron chi connectivity index (χ3n) is 3.24. The van der Waals surface area contributed by atoms with Crippen LogP contribution in [0.4, 0.5) is 0 Å². The molecule has 0 aromatic heterocycles. The summed E-state index contributed by atoms with van der Waals surface area (Å²) in [5.74, 6) is 1.14. The minimum absolute atomic E-state index is 0.0808. The molecule has 0 fully saturated rings. The van der Waals surface area contributed by atoms with E-state index < -0.39 is 0 Å². The van der Waals surface area contributed by atoms with Crippen LogP contribution in [0.15, 0.2) is 30.3 Å². The molecular formula is C17H18Cl3NO2. The molecule has 0 saturated heterocycles. The minimum Gasteiger partial charge on any atom is -0.496 e. The summed E-state index contributed by atoms with van der Waals surface area (Å²) in [6.07, 6.45) is 0.777. The molecule has 2 rings (SSSR count). The van der Waals surface area contributed by atoms with Crippen LogP contribution in [-0.4, -0.2) is 13.2 Å². The van der Waals surface area contributed by atoms with E-state index in [1.54, 1.807) is 19.2 Å². The second-order valence-corrected chi connectivity index (χ2v) is 6.57. The topological polar surface area (TPSA) is 44.5 Å². The van der Waals surface area contributed by atoms with Gasteiger partial charge in [0.1, 0.15) is 12.4 Å². The van der Waals surface area contributed by atoms with E-state index in [1.807, 2.05) is 25.1 Å². The van der Waals surface area contributed by atoms with Crippen LogP contribution in [0.25, 0.3) is 0 Å². The van der Waals surface area contributed by atoms with E-state index in [-0.39, 0.29) is 12.6 Å². The summed E-state index contributed by atoms with van der Waals surface area (Å²) in [6, 6.07) is 9.18. The van der Waals surface area contributed by atoms with Crippen LogP contribution in [0.3, 0.4) is 0 Å². The lowest BCUT2D eigenvalue weighted by atomic mass is 10.0. The van der Waals surface area contributed by atoms with Gasteiger partial charge >= 0.3 is 0 Å². The SMILES string of the molecule is COc1ccc(CC(C)N)cc1COc1c(Cl)cc(Cl)cc1Cl. The van der Waals surface area contributed by atoms with Crippen LogP contribution in [0.1, 0.15) is 18.1 Å². The minimum atomic E-state index is 0.0808. The summed E-state index contributed by atoms with van der Waals surface area (Å²) < 4.78 is 11.2. The Labute approximate surface area is 151 Å². The standard InChI is InChI=1S/C17H18Cl3NO2/c1-10(21)5-11-3-4-16(22-2)12(6-11)9-23-17-14(19)7-13(18)8-15(17)20/h3-4,6-8,10H,5,9,21H2,1-2H3. The molecule has 1 unspecified atom stereocenters. The van der Waals surface area contributed by atoms with Crippen LogP contribution in [0.2, 0.25) is 15.1 Å². The first kappa shape index (κ1) is 18.2. The van der Waals surface area contributed by atoms with Gasteiger partial charge in [0.05, 0.1) is 17.2 Å². The summed E-state index contributed by atoms with van der Waals surface area (Å²) in [5.41, 5.74) is 7.87. The van der Waals surface area contributed by atoms with Crippen LogP contribution < -0.4 is 15.2 Å². The number of rotatable bonds is 6. The molecule has 2 aromatic rings. The predicted octanol–water partition coefficient (Wildman–Crippen LogP) is 5.12. The van der Waals surface area contributed by atoms with Crippen molar-refractivity contribution in [2.24, 2.45) is 5.73 Å². The molecule has 1 atom stereocenters. The number of halogens is 3. The molecule has 124 valence electrons. The van der Waals surface area contributed by atoms with Crippen LogP contribution in [0, 0.1) is 0 Å². The maximum Gasteiger partial charge on any atom is 0.157 e. The van der Waals surface area contributed by atoms with E-state index in [0.29, 0.717) is 20.8 Å². The summed E-state index contributed by atoms with van der Waals surface area (Å²) >= 11 is 18.2. The van der Waals surface area contributed by atoms with Crippen molar-refractivity contribution in [3.8, 4) is 11.5 Å². The van der Waals surface area contributed by atoms with Crippen molar-refractivity contribution in [3.63, 3.8) is 0 Å². The fourth-order valence-electron chi connectivity index (χ4n) is 2.26. The van der Waals surface area contributed by atoms with Crippen LogP contribution in [-0.2, 0) is 13.0 Å². The number of hydrogen-bond acceptors (Lipinski definition) is 3. The molecule has 23 heavy (non-hydrogen) atoms. The zero-order chi connectivity index (χ0) is 17.0. The highest BCUT2D eigenvalue weighted by Gasteiger charge is 2.12. The summed E-state index contributed by atoms with van der Waals surface area (Å²) in [7, 11) is 1.62. The number of hydrogen-bond donors (Lipinski definition) is 1. The quantitative estimate of drug-likeness (QED) is 0.763. The van der Waals surface area contributed by atoms with E-state index in [2.05, 4.69) is 0 Å². The van der Waals surface area contributed by atoms with Crippen molar-refractivity contribution in [2.75, 3.05) is 7.11 Å². The number of methoxy groups -OCH3 is 1. The van der Waals surface area contributed by atoms with Crippen molar-refractivity contribution in [3.05, 3.63) is 56.5 Å². The lowest BCUT2D eigenvalue weighted by Crippen LogP contribution is -2.17. The Kier molecular flexibility index (Phi) is 6.42. The van der Waals surface area contributed by atoms with Crippen molar-refractivity contribution in [2.45, 2.75) is 26.0 Å². The number of nitrogens with two attached hydrogens (primary N) is 1. The zero-order valence-corrected chi connectivity index (χ0v) is 15.2. The van der Waals surface area contributed by atoms with E-state index in [4.69, 9.17) is 50.0 Å². The Morgan fingerprint density at radius 1 is 1.09 bits per heavy atom. The van der Waals surface area contributed by atoms with Gasteiger partial charge in [-0.15, -0.1) is 0 Å². The molecule has 0 saturated carbocycles. The number of benzene rings is 2. The molecule has 0 heterocycles. The average Bonchev–Trinajstić information content (AvgIpc) is 2.45. The second-order valence-electron chi connectivity index (χ2n) is 5.31. The van der Waals surface area contributed by atoms with Gasteiger partial charge in [0.2, 0.25) is 0 Å². The molecule has 6 heteroatoms. The highest BCUT2D eigenvalue weighted by molar-refractivity contribution is 6.40. The third kappa shape index (κ3) is 4.92. The fourth-order valence-corrected chi connectivity index (χ4v) is 3.19. The van der Waals surface area contributed by atoms with Crippen LogP contribution >= 0.6 is 34.8 Å². The Bertz CT molecular complexity index is 667. The van der Waals surface area contributed by atoms with Gasteiger partial charge in [0.15, 0.2) is 5.75 Å². The first-order valence-corrected chi connectivity index (χ1v) is 8.22. The molecule has 0 spiro atoms. The molecule has 0 radical (unpaired) electrons. The maximum atomic E-state index is 6.13. The lowest BCUT2D eigenvalue weighted by Gasteiger charge is -2.14. The van der Waals surface area contributed by atoms with Crippen molar-refractivity contribution < 1.29 is 9.47 Å². The zero-order valence-electron chi connectivity index (χ0n) is 12.9. The molecule has 2 aromatic carbocycles. The molecule has 0 aliphatic rings. The first-order valence-electron chi connectivity index (χ1n) is 7.09. The predicted molar refractivity (Wildman–Crippen MR) is 96.2 cm³/mol. The van der Waals surface area contributed by atoms with Gasteiger partial charge in [-0.3, -0.25) is 0 Å². The molecule has 0 aliphatic carbocycles. The Morgan fingerprint density at radius 2 is 1.74 bits per heavy atom.